The number of hydrogen-bond acceptors (Lipinski definition) is 5. The number of carbonyl (C=O) groups excluding carboxylic acids is 2. The minimum Gasteiger partial charge on any atom is -0.503 e. The van der Waals surface area contributed by atoms with Crippen molar-refractivity contribution in [1.82, 2.24) is 10.2 Å². The predicted molar refractivity (Wildman–Crippen MR) is 85.8 cm³/mol. The number of hydrogen-bond donors (Lipinski definition) is 3. The Bertz CT molecular complexity index is 598. The molecule has 0 aliphatic carbocycles. The highest BCUT2D eigenvalue weighted by atomic mass is 16.3. The van der Waals surface area contributed by atoms with Gasteiger partial charge in [0.15, 0.2) is 11.5 Å². The van der Waals surface area contributed by atoms with Gasteiger partial charge in [-0.05, 0) is 25.5 Å². The Morgan fingerprint density at radius 2 is 1.96 bits per heavy atom. The first-order chi connectivity index (χ1) is 11.1. The average Bonchev–Trinajstić information content (AvgIpc) is 2.80. The van der Waals surface area contributed by atoms with Crippen LogP contribution in [0.1, 0.15) is 24.9 Å². The van der Waals surface area contributed by atoms with Crippen LogP contribution in [0, 0.1) is 0 Å². The quantitative estimate of drug-likeness (QED) is 0.621. The van der Waals surface area contributed by atoms with Gasteiger partial charge in [-0.15, -0.1) is 0 Å². The van der Waals surface area contributed by atoms with Crippen molar-refractivity contribution in [3.63, 3.8) is 0 Å². The zero-order valence-corrected chi connectivity index (χ0v) is 13.2. The van der Waals surface area contributed by atoms with E-state index in [2.05, 4.69) is 5.32 Å². The van der Waals surface area contributed by atoms with Crippen LogP contribution in [0.3, 0.4) is 0 Å². The van der Waals surface area contributed by atoms with Gasteiger partial charge in [0.25, 0.3) is 5.91 Å². The number of rotatable bonds is 8. The Morgan fingerprint density at radius 3 is 2.57 bits per heavy atom. The summed E-state index contributed by atoms with van der Waals surface area (Å²) in [5.74, 6) is -1.26. The third-order valence-electron chi connectivity index (χ3n) is 3.84. The molecule has 2 rings (SSSR count). The number of nitrogens with zero attached hydrogens (tertiary/aromatic N) is 1. The summed E-state index contributed by atoms with van der Waals surface area (Å²) in [6.07, 6.45) is 0.660. The smallest absolute Gasteiger partial charge is 0.290 e. The van der Waals surface area contributed by atoms with Gasteiger partial charge < -0.3 is 20.4 Å². The Hall–Kier alpha value is -2.18. The third-order valence-corrected chi connectivity index (χ3v) is 3.84. The molecule has 0 spiro atoms. The molecular formula is C17H22N2O4. The maximum absolute atomic E-state index is 12.3. The first kappa shape index (κ1) is 17.2. The molecule has 0 fully saturated rings. The zero-order chi connectivity index (χ0) is 16.8. The summed E-state index contributed by atoms with van der Waals surface area (Å²) in [6, 6.07) is 8.69. The largest absolute Gasteiger partial charge is 0.503 e. The van der Waals surface area contributed by atoms with E-state index in [4.69, 9.17) is 5.11 Å². The molecule has 6 nitrogen and oxygen atoms in total. The van der Waals surface area contributed by atoms with Gasteiger partial charge in [0.1, 0.15) is 0 Å². The number of carbonyl (C=O) groups is 2. The third kappa shape index (κ3) is 3.78. The van der Waals surface area contributed by atoms with Crippen LogP contribution < -0.4 is 5.32 Å². The normalized spacial score (nSPS) is 17.9. The van der Waals surface area contributed by atoms with Crippen molar-refractivity contribution >= 4 is 11.7 Å². The van der Waals surface area contributed by atoms with Crippen molar-refractivity contribution in [2.75, 3.05) is 26.2 Å². The summed E-state index contributed by atoms with van der Waals surface area (Å²) in [6.45, 7) is 2.98. The summed E-state index contributed by atoms with van der Waals surface area (Å²) in [5.41, 5.74) is 0.961. The molecule has 1 atom stereocenters. The van der Waals surface area contributed by atoms with E-state index in [9.17, 15) is 14.7 Å². The molecule has 1 amide bonds. The highest BCUT2D eigenvalue weighted by Crippen LogP contribution is 2.37. The van der Waals surface area contributed by atoms with E-state index >= 15 is 0 Å². The fourth-order valence-corrected chi connectivity index (χ4v) is 2.80. The predicted octanol–water partition coefficient (Wildman–Crippen LogP) is 0.943. The molecule has 1 aromatic rings. The summed E-state index contributed by atoms with van der Waals surface area (Å²) in [4.78, 5) is 25.8. The maximum Gasteiger partial charge on any atom is 0.290 e. The number of Topliss-reactive ketones (excluding diaryl/α,β-unsaturated/α-hetero) is 1. The second kappa shape index (κ2) is 7.89. The van der Waals surface area contributed by atoms with E-state index in [-0.39, 0.29) is 18.0 Å². The van der Waals surface area contributed by atoms with E-state index in [1.165, 1.54) is 11.8 Å². The van der Waals surface area contributed by atoms with Gasteiger partial charge in [0, 0.05) is 13.1 Å². The molecule has 1 aromatic carbocycles. The number of ketones is 1. The van der Waals surface area contributed by atoms with Crippen LogP contribution in [0.2, 0.25) is 0 Å². The molecule has 0 saturated heterocycles. The molecule has 0 saturated carbocycles. The number of benzene rings is 1. The van der Waals surface area contributed by atoms with E-state index in [0.29, 0.717) is 26.1 Å². The topological polar surface area (TPSA) is 89.9 Å². The molecule has 0 unspecified atom stereocenters. The van der Waals surface area contributed by atoms with Crippen molar-refractivity contribution in [3.05, 3.63) is 47.2 Å². The first-order valence-electron chi connectivity index (χ1n) is 7.69. The minimum atomic E-state index is -0.543. The molecule has 124 valence electrons. The van der Waals surface area contributed by atoms with E-state index in [1.54, 1.807) is 0 Å². The Balaban J connectivity index is 2.19. The number of aliphatic hydroxyl groups is 2. The fourth-order valence-electron chi connectivity index (χ4n) is 2.80. The van der Waals surface area contributed by atoms with Crippen molar-refractivity contribution in [2.24, 2.45) is 0 Å². The Kier molecular flexibility index (Phi) is 5.90. The monoisotopic (exact) mass is 318 g/mol. The molecule has 6 heteroatoms. The van der Waals surface area contributed by atoms with Crippen LogP contribution in [-0.4, -0.2) is 53.0 Å². The van der Waals surface area contributed by atoms with Gasteiger partial charge in [0.05, 0.1) is 18.2 Å². The minimum absolute atomic E-state index is 0.0616. The standard InChI is InChI=1S/C17H22N2O4/c1-12(21)14-15(13-6-3-2-4-7-13)19(17(23)16(14)22)10-5-8-18-9-11-20/h2-4,6-7,15,18,20,22H,5,8-11H2,1H3/t15-/m1/s1. The molecule has 0 bridgehead atoms. The lowest BCUT2D eigenvalue weighted by atomic mass is 9.97. The van der Waals surface area contributed by atoms with Crippen LogP contribution in [-0.2, 0) is 9.59 Å². The number of nitrogens with one attached hydrogen (secondary N) is 1. The van der Waals surface area contributed by atoms with E-state index < -0.39 is 17.7 Å². The molecule has 0 radical (unpaired) electrons. The average molecular weight is 318 g/mol. The summed E-state index contributed by atoms with van der Waals surface area (Å²) in [7, 11) is 0. The SMILES string of the molecule is CC(=O)C1=C(O)C(=O)N(CCCNCCO)[C@@H]1c1ccccc1. The highest BCUT2D eigenvalue weighted by molar-refractivity contribution is 6.08. The van der Waals surface area contributed by atoms with E-state index in [0.717, 1.165) is 5.56 Å². The lowest BCUT2D eigenvalue weighted by molar-refractivity contribution is -0.129. The lowest BCUT2D eigenvalue weighted by Crippen LogP contribution is -2.33. The van der Waals surface area contributed by atoms with Crippen molar-refractivity contribution in [1.29, 1.82) is 0 Å². The van der Waals surface area contributed by atoms with Crippen LogP contribution in [0.25, 0.3) is 0 Å². The van der Waals surface area contributed by atoms with Crippen LogP contribution in [0.4, 0.5) is 0 Å². The van der Waals surface area contributed by atoms with Gasteiger partial charge in [-0.2, -0.15) is 0 Å². The van der Waals surface area contributed by atoms with Crippen molar-refractivity contribution in [2.45, 2.75) is 19.4 Å². The molecule has 3 N–H and O–H groups in total. The summed E-state index contributed by atoms with van der Waals surface area (Å²) >= 11 is 0. The zero-order valence-electron chi connectivity index (χ0n) is 13.2. The van der Waals surface area contributed by atoms with Crippen molar-refractivity contribution in [3.8, 4) is 0 Å². The molecule has 1 aliphatic rings. The Morgan fingerprint density at radius 1 is 1.26 bits per heavy atom. The molecule has 1 heterocycles. The fraction of sp³-hybridized carbons (Fsp3) is 0.412. The maximum atomic E-state index is 12.3. The van der Waals surface area contributed by atoms with Gasteiger partial charge >= 0.3 is 0 Å². The second-order valence-electron chi connectivity index (χ2n) is 5.46. The molecule has 0 aromatic heterocycles. The molecular weight excluding hydrogens is 296 g/mol. The number of aliphatic hydroxyl groups excluding tert-OH is 2. The highest BCUT2D eigenvalue weighted by Gasteiger charge is 2.41. The van der Waals surface area contributed by atoms with E-state index in [1.807, 2.05) is 30.3 Å². The van der Waals surface area contributed by atoms with Crippen LogP contribution >= 0.6 is 0 Å². The van der Waals surface area contributed by atoms with Gasteiger partial charge in [-0.1, -0.05) is 30.3 Å². The lowest BCUT2D eigenvalue weighted by Gasteiger charge is -2.26. The van der Waals surface area contributed by atoms with Gasteiger partial charge in [-0.25, -0.2) is 0 Å². The van der Waals surface area contributed by atoms with Crippen LogP contribution in [0.5, 0.6) is 0 Å². The second-order valence-corrected chi connectivity index (χ2v) is 5.46. The first-order valence-corrected chi connectivity index (χ1v) is 7.69. The van der Waals surface area contributed by atoms with Gasteiger partial charge in [0.2, 0.25) is 0 Å². The van der Waals surface area contributed by atoms with Gasteiger partial charge in [-0.3, -0.25) is 9.59 Å². The Labute approximate surface area is 135 Å². The molecule has 1 aliphatic heterocycles. The van der Waals surface area contributed by atoms with Crippen LogP contribution in [0.15, 0.2) is 41.7 Å². The summed E-state index contributed by atoms with van der Waals surface area (Å²) < 4.78 is 0. The molecule has 23 heavy (non-hydrogen) atoms. The summed E-state index contributed by atoms with van der Waals surface area (Å²) in [5, 5.41) is 21.9. The van der Waals surface area contributed by atoms with Crippen molar-refractivity contribution < 1.29 is 19.8 Å². The number of amides is 1.